The monoisotopic (exact) mass is 274 g/mol. The highest BCUT2D eigenvalue weighted by atomic mass is 16.1. The van der Waals surface area contributed by atoms with Crippen LogP contribution in [0.4, 0.5) is 0 Å². The van der Waals surface area contributed by atoms with E-state index < -0.39 is 0 Å². The standard InChI is InChI=1S/C17H26N2O/c1-12-5-2-3-6-13(12)11-18-15-7-4-8-16-14(15)9-10-17(20)19-16/h9-10,12-13,15,18H,2-8,11H2,1H3,(H,19,20). The van der Waals surface area contributed by atoms with Crippen LogP contribution in [0.1, 0.15) is 62.7 Å². The largest absolute Gasteiger partial charge is 0.326 e. The second kappa shape index (κ2) is 6.13. The number of pyridine rings is 1. The van der Waals surface area contributed by atoms with Crippen molar-refractivity contribution in [2.24, 2.45) is 11.8 Å². The summed E-state index contributed by atoms with van der Waals surface area (Å²) in [5.74, 6) is 1.69. The first-order valence-corrected chi connectivity index (χ1v) is 8.19. The van der Waals surface area contributed by atoms with Gasteiger partial charge < -0.3 is 10.3 Å². The number of rotatable bonds is 3. The van der Waals surface area contributed by atoms with Crippen LogP contribution in [0.25, 0.3) is 0 Å². The van der Waals surface area contributed by atoms with Crippen molar-refractivity contribution in [1.82, 2.24) is 10.3 Å². The van der Waals surface area contributed by atoms with Crippen molar-refractivity contribution in [3.63, 3.8) is 0 Å². The first-order chi connectivity index (χ1) is 9.74. The predicted octanol–water partition coefficient (Wildman–Crippen LogP) is 3.17. The molecule has 0 amide bonds. The van der Waals surface area contributed by atoms with Crippen LogP contribution in [-0.4, -0.2) is 11.5 Å². The van der Waals surface area contributed by atoms with E-state index in [1.165, 1.54) is 44.1 Å². The molecule has 3 unspecified atom stereocenters. The lowest BCUT2D eigenvalue weighted by molar-refractivity contribution is 0.237. The normalized spacial score (nSPS) is 29.9. The average Bonchev–Trinajstić information content (AvgIpc) is 2.46. The molecule has 1 saturated carbocycles. The molecule has 1 aromatic rings. The molecule has 0 saturated heterocycles. The van der Waals surface area contributed by atoms with E-state index >= 15 is 0 Å². The number of H-pyrrole nitrogens is 1. The SMILES string of the molecule is CC1CCCCC1CNC1CCCc2[nH]c(=O)ccc21. The minimum absolute atomic E-state index is 0.0327. The molecule has 0 radical (unpaired) electrons. The Morgan fingerprint density at radius 3 is 2.90 bits per heavy atom. The van der Waals surface area contributed by atoms with E-state index in [4.69, 9.17) is 0 Å². The summed E-state index contributed by atoms with van der Waals surface area (Å²) in [6.45, 7) is 3.53. The molecule has 3 atom stereocenters. The third-order valence-corrected chi connectivity index (χ3v) is 5.25. The van der Waals surface area contributed by atoms with Crippen LogP contribution in [-0.2, 0) is 6.42 Å². The summed E-state index contributed by atoms with van der Waals surface area (Å²) >= 11 is 0. The fraction of sp³-hybridized carbons (Fsp3) is 0.706. The van der Waals surface area contributed by atoms with Crippen molar-refractivity contribution in [2.45, 2.75) is 57.9 Å². The summed E-state index contributed by atoms with van der Waals surface area (Å²) in [6, 6.07) is 4.13. The van der Waals surface area contributed by atoms with E-state index in [0.717, 1.165) is 30.5 Å². The van der Waals surface area contributed by atoms with Crippen LogP contribution in [0.15, 0.2) is 16.9 Å². The molecule has 3 nitrogen and oxygen atoms in total. The third kappa shape index (κ3) is 2.98. The molecule has 0 bridgehead atoms. The van der Waals surface area contributed by atoms with Gasteiger partial charge >= 0.3 is 0 Å². The van der Waals surface area contributed by atoms with Crippen molar-refractivity contribution in [2.75, 3.05) is 6.54 Å². The molecular weight excluding hydrogens is 248 g/mol. The lowest BCUT2D eigenvalue weighted by Crippen LogP contribution is -2.34. The highest BCUT2D eigenvalue weighted by Gasteiger charge is 2.24. The van der Waals surface area contributed by atoms with E-state index in [2.05, 4.69) is 17.2 Å². The van der Waals surface area contributed by atoms with Crippen LogP contribution in [0.3, 0.4) is 0 Å². The Morgan fingerprint density at radius 2 is 2.05 bits per heavy atom. The molecule has 2 aliphatic rings. The average molecular weight is 274 g/mol. The zero-order valence-corrected chi connectivity index (χ0v) is 12.5. The minimum atomic E-state index is 0.0327. The molecular formula is C17H26N2O. The quantitative estimate of drug-likeness (QED) is 0.889. The van der Waals surface area contributed by atoms with Crippen molar-refractivity contribution in [3.05, 3.63) is 33.7 Å². The van der Waals surface area contributed by atoms with Crippen LogP contribution in [0.2, 0.25) is 0 Å². The second-order valence-corrected chi connectivity index (χ2v) is 6.63. The van der Waals surface area contributed by atoms with Gasteiger partial charge in [0.2, 0.25) is 5.56 Å². The number of aryl methyl sites for hydroxylation is 1. The number of nitrogens with one attached hydrogen (secondary N) is 2. The highest BCUT2D eigenvalue weighted by Crippen LogP contribution is 2.31. The van der Waals surface area contributed by atoms with Gasteiger partial charge in [-0.05, 0) is 49.6 Å². The van der Waals surface area contributed by atoms with Gasteiger partial charge in [0.15, 0.2) is 0 Å². The van der Waals surface area contributed by atoms with Crippen molar-refractivity contribution in [1.29, 1.82) is 0 Å². The van der Waals surface area contributed by atoms with Gasteiger partial charge in [-0.3, -0.25) is 4.79 Å². The smallest absolute Gasteiger partial charge is 0.248 e. The van der Waals surface area contributed by atoms with Gasteiger partial charge in [-0.25, -0.2) is 0 Å². The Balaban J connectivity index is 1.65. The lowest BCUT2D eigenvalue weighted by Gasteiger charge is -2.32. The maximum absolute atomic E-state index is 11.4. The van der Waals surface area contributed by atoms with E-state index in [1.54, 1.807) is 6.07 Å². The molecule has 1 aromatic heterocycles. The molecule has 3 heteroatoms. The van der Waals surface area contributed by atoms with Crippen molar-refractivity contribution < 1.29 is 0 Å². The molecule has 2 aliphatic carbocycles. The van der Waals surface area contributed by atoms with Crippen LogP contribution >= 0.6 is 0 Å². The number of hydrogen-bond acceptors (Lipinski definition) is 2. The Kier molecular flexibility index (Phi) is 4.25. The number of aromatic amines is 1. The number of fused-ring (bicyclic) bond motifs is 1. The molecule has 20 heavy (non-hydrogen) atoms. The molecule has 0 spiro atoms. The van der Waals surface area contributed by atoms with E-state index in [0.29, 0.717) is 6.04 Å². The highest BCUT2D eigenvalue weighted by molar-refractivity contribution is 5.26. The van der Waals surface area contributed by atoms with Gasteiger partial charge in [0.1, 0.15) is 0 Å². The fourth-order valence-corrected chi connectivity index (χ4v) is 3.90. The van der Waals surface area contributed by atoms with Crippen LogP contribution < -0.4 is 10.9 Å². The van der Waals surface area contributed by atoms with Crippen LogP contribution in [0.5, 0.6) is 0 Å². The van der Waals surface area contributed by atoms with E-state index in [1.807, 2.05) is 6.07 Å². The van der Waals surface area contributed by atoms with E-state index in [9.17, 15) is 4.79 Å². The Bertz CT molecular complexity index is 508. The van der Waals surface area contributed by atoms with E-state index in [-0.39, 0.29) is 5.56 Å². The molecule has 3 rings (SSSR count). The lowest BCUT2D eigenvalue weighted by atomic mass is 9.80. The van der Waals surface area contributed by atoms with Crippen LogP contribution in [0, 0.1) is 11.8 Å². The Hall–Kier alpha value is -1.09. The first-order valence-electron chi connectivity index (χ1n) is 8.19. The fourth-order valence-electron chi connectivity index (χ4n) is 3.90. The predicted molar refractivity (Wildman–Crippen MR) is 81.9 cm³/mol. The summed E-state index contributed by atoms with van der Waals surface area (Å²) in [6.07, 6.45) is 8.95. The molecule has 1 fully saturated rings. The maximum atomic E-state index is 11.4. The topological polar surface area (TPSA) is 44.9 Å². The number of aromatic nitrogens is 1. The van der Waals surface area contributed by atoms with Gasteiger partial charge in [0.25, 0.3) is 0 Å². The Morgan fingerprint density at radius 1 is 1.20 bits per heavy atom. The van der Waals surface area contributed by atoms with Gasteiger partial charge in [0.05, 0.1) is 0 Å². The zero-order chi connectivity index (χ0) is 13.9. The molecule has 2 N–H and O–H groups in total. The summed E-state index contributed by atoms with van der Waals surface area (Å²) in [5, 5.41) is 3.78. The third-order valence-electron chi connectivity index (χ3n) is 5.25. The van der Waals surface area contributed by atoms with Gasteiger partial charge in [-0.1, -0.05) is 32.3 Å². The van der Waals surface area contributed by atoms with Gasteiger partial charge in [-0.2, -0.15) is 0 Å². The summed E-state index contributed by atoms with van der Waals surface area (Å²) in [7, 11) is 0. The molecule has 0 aliphatic heterocycles. The summed E-state index contributed by atoms with van der Waals surface area (Å²) in [5.41, 5.74) is 2.50. The first kappa shape index (κ1) is 13.9. The maximum Gasteiger partial charge on any atom is 0.248 e. The van der Waals surface area contributed by atoms with Crippen molar-refractivity contribution >= 4 is 0 Å². The van der Waals surface area contributed by atoms with Gasteiger partial charge in [-0.15, -0.1) is 0 Å². The zero-order valence-electron chi connectivity index (χ0n) is 12.5. The summed E-state index contributed by atoms with van der Waals surface area (Å²) < 4.78 is 0. The minimum Gasteiger partial charge on any atom is -0.326 e. The summed E-state index contributed by atoms with van der Waals surface area (Å²) in [4.78, 5) is 14.4. The molecule has 1 heterocycles. The Labute approximate surface area is 121 Å². The molecule has 0 aromatic carbocycles. The van der Waals surface area contributed by atoms with Gasteiger partial charge in [0, 0.05) is 17.8 Å². The molecule has 110 valence electrons. The van der Waals surface area contributed by atoms with Crippen molar-refractivity contribution in [3.8, 4) is 0 Å². The number of hydrogen-bond donors (Lipinski definition) is 2. The second-order valence-electron chi connectivity index (χ2n) is 6.63.